The van der Waals surface area contributed by atoms with Crippen molar-refractivity contribution in [1.29, 1.82) is 0 Å². The Bertz CT molecular complexity index is 687. The average molecular weight is 232 g/mol. The van der Waals surface area contributed by atoms with E-state index in [0.29, 0.717) is 10.9 Å². The molecule has 0 aliphatic heterocycles. The van der Waals surface area contributed by atoms with Gasteiger partial charge in [0.15, 0.2) is 0 Å². The van der Waals surface area contributed by atoms with Crippen LogP contribution in [0.15, 0.2) is 27.8 Å². The number of aromatic nitrogens is 2. The molecule has 0 radical (unpaired) electrons. The van der Waals surface area contributed by atoms with Gasteiger partial charge in [-0.2, -0.15) is 0 Å². The SMILES string of the molecule is Cn1c(=O)[nH]c2ccc(C(C)(C)C)cc2c1=O. The lowest BCUT2D eigenvalue weighted by Crippen LogP contribution is -2.32. The Morgan fingerprint density at radius 3 is 2.41 bits per heavy atom. The van der Waals surface area contributed by atoms with Crippen LogP contribution in [0.2, 0.25) is 0 Å². The van der Waals surface area contributed by atoms with E-state index in [1.165, 1.54) is 7.05 Å². The fraction of sp³-hybridized carbons (Fsp3) is 0.385. The van der Waals surface area contributed by atoms with Crippen LogP contribution in [-0.2, 0) is 12.5 Å². The monoisotopic (exact) mass is 232 g/mol. The molecular formula is C13H16N2O2. The molecule has 0 saturated carbocycles. The molecule has 0 atom stereocenters. The minimum atomic E-state index is -0.383. The van der Waals surface area contributed by atoms with Crippen molar-refractivity contribution in [1.82, 2.24) is 9.55 Å². The second kappa shape index (κ2) is 3.58. The Balaban J connectivity index is 2.88. The molecule has 0 aliphatic rings. The van der Waals surface area contributed by atoms with Crippen molar-refractivity contribution in [2.75, 3.05) is 0 Å². The molecule has 0 bridgehead atoms. The topological polar surface area (TPSA) is 54.9 Å². The average Bonchev–Trinajstić information content (AvgIpc) is 2.24. The highest BCUT2D eigenvalue weighted by molar-refractivity contribution is 5.78. The van der Waals surface area contributed by atoms with Crippen molar-refractivity contribution < 1.29 is 0 Å². The van der Waals surface area contributed by atoms with Crippen LogP contribution in [-0.4, -0.2) is 9.55 Å². The maximum absolute atomic E-state index is 12.0. The van der Waals surface area contributed by atoms with Crippen LogP contribution in [0.3, 0.4) is 0 Å². The van der Waals surface area contributed by atoms with Crippen molar-refractivity contribution in [3.05, 3.63) is 44.6 Å². The van der Waals surface area contributed by atoms with Gasteiger partial charge in [0, 0.05) is 7.05 Å². The predicted molar refractivity (Wildman–Crippen MR) is 68.5 cm³/mol. The standard InChI is InChI=1S/C13H16N2O2/c1-13(2,3)8-5-6-10-9(7-8)11(16)15(4)12(17)14-10/h5-7H,1-4H3,(H,14,17). The molecule has 0 saturated heterocycles. The molecular weight excluding hydrogens is 216 g/mol. The zero-order valence-corrected chi connectivity index (χ0v) is 10.5. The molecule has 0 spiro atoms. The van der Waals surface area contributed by atoms with E-state index in [1.54, 1.807) is 6.07 Å². The second-order valence-electron chi connectivity index (χ2n) is 5.30. The van der Waals surface area contributed by atoms with E-state index >= 15 is 0 Å². The van der Waals surface area contributed by atoms with Gasteiger partial charge < -0.3 is 4.98 Å². The third-order valence-corrected chi connectivity index (χ3v) is 2.97. The minimum Gasteiger partial charge on any atom is -0.307 e. The first-order chi connectivity index (χ1) is 7.80. The van der Waals surface area contributed by atoms with Gasteiger partial charge in [0.1, 0.15) is 0 Å². The lowest BCUT2D eigenvalue weighted by molar-refractivity contribution is 0.591. The summed E-state index contributed by atoms with van der Waals surface area (Å²) in [6.07, 6.45) is 0. The van der Waals surface area contributed by atoms with Gasteiger partial charge in [0.25, 0.3) is 5.56 Å². The van der Waals surface area contributed by atoms with Crippen LogP contribution >= 0.6 is 0 Å². The van der Waals surface area contributed by atoms with Gasteiger partial charge in [-0.25, -0.2) is 4.79 Å². The molecule has 90 valence electrons. The van der Waals surface area contributed by atoms with Crippen molar-refractivity contribution in [2.45, 2.75) is 26.2 Å². The summed E-state index contributed by atoms with van der Waals surface area (Å²) >= 11 is 0. The van der Waals surface area contributed by atoms with E-state index in [0.717, 1.165) is 10.1 Å². The summed E-state index contributed by atoms with van der Waals surface area (Å²) in [5, 5.41) is 0.555. The largest absolute Gasteiger partial charge is 0.328 e. The van der Waals surface area contributed by atoms with Crippen LogP contribution < -0.4 is 11.2 Å². The highest BCUT2D eigenvalue weighted by Crippen LogP contribution is 2.23. The molecule has 4 heteroatoms. The second-order valence-corrected chi connectivity index (χ2v) is 5.30. The third kappa shape index (κ3) is 1.90. The highest BCUT2D eigenvalue weighted by Gasteiger charge is 2.15. The van der Waals surface area contributed by atoms with Crippen LogP contribution in [0.4, 0.5) is 0 Å². The summed E-state index contributed by atoms with van der Waals surface area (Å²) in [4.78, 5) is 26.1. The molecule has 0 unspecified atom stereocenters. The Labute approximate surface area is 98.9 Å². The number of nitrogens with one attached hydrogen (secondary N) is 1. The van der Waals surface area contributed by atoms with Crippen molar-refractivity contribution in [2.24, 2.45) is 7.05 Å². The van der Waals surface area contributed by atoms with Gasteiger partial charge >= 0.3 is 5.69 Å². The molecule has 0 fully saturated rings. The molecule has 1 aromatic heterocycles. The van der Waals surface area contributed by atoms with Crippen molar-refractivity contribution >= 4 is 10.9 Å². The summed E-state index contributed by atoms with van der Waals surface area (Å²) in [6.45, 7) is 6.26. The maximum Gasteiger partial charge on any atom is 0.328 e. The minimum absolute atomic E-state index is 0.0185. The number of H-pyrrole nitrogens is 1. The molecule has 2 aromatic rings. The smallest absolute Gasteiger partial charge is 0.307 e. The molecule has 4 nitrogen and oxygen atoms in total. The zero-order chi connectivity index (χ0) is 12.8. The van der Waals surface area contributed by atoms with E-state index in [-0.39, 0.29) is 16.7 Å². The fourth-order valence-corrected chi connectivity index (χ4v) is 1.77. The van der Waals surface area contributed by atoms with Gasteiger partial charge in [-0.3, -0.25) is 9.36 Å². The lowest BCUT2D eigenvalue weighted by Gasteiger charge is -2.19. The van der Waals surface area contributed by atoms with E-state index in [4.69, 9.17) is 0 Å². The van der Waals surface area contributed by atoms with E-state index in [9.17, 15) is 9.59 Å². The van der Waals surface area contributed by atoms with Gasteiger partial charge in [0.05, 0.1) is 10.9 Å². The Kier molecular flexibility index (Phi) is 2.45. The van der Waals surface area contributed by atoms with Gasteiger partial charge in [-0.05, 0) is 23.1 Å². The maximum atomic E-state index is 12.0. The van der Waals surface area contributed by atoms with Crippen LogP contribution in [0.5, 0.6) is 0 Å². The van der Waals surface area contributed by atoms with Crippen LogP contribution in [0.25, 0.3) is 10.9 Å². The third-order valence-electron chi connectivity index (χ3n) is 2.97. The van der Waals surface area contributed by atoms with Crippen LogP contribution in [0, 0.1) is 0 Å². The number of benzene rings is 1. The normalized spacial score (nSPS) is 12.0. The number of hydrogen-bond acceptors (Lipinski definition) is 2. The molecule has 1 N–H and O–H groups in total. The predicted octanol–water partition coefficient (Wildman–Crippen LogP) is 1.52. The number of nitrogens with zero attached hydrogens (tertiary/aromatic N) is 1. The quantitative estimate of drug-likeness (QED) is 0.748. The van der Waals surface area contributed by atoms with E-state index in [1.807, 2.05) is 12.1 Å². The molecule has 2 rings (SSSR count). The number of aromatic amines is 1. The summed E-state index contributed by atoms with van der Waals surface area (Å²) in [5.41, 5.74) is 1.01. The van der Waals surface area contributed by atoms with Gasteiger partial charge in [-0.15, -0.1) is 0 Å². The van der Waals surface area contributed by atoms with E-state index in [2.05, 4.69) is 25.8 Å². The summed E-state index contributed by atoms with van der Waals surface area (Å²) in [6, 6.07) is 5.59. The number of rotatable bonds is 0. The Hall–Kier alpha value is -1.84. The first-order valence-corrected chi connectivity index (χ1v) is 5.54. The van der Waals surface area contributed by atoms with Gasteiger partial charge in [-0.1, -0.05) is 26.8 Å². The van der Waals surface area contributed by atoms with Crippen molar-refractivity contribution in [3.63, 3.8) is 0 Å². The summed E-state index contributed by atoms with van der Waals surface area (Å²) in [7, 11) is 1.48. The lowest BCUT2D eigenvalue weighted by atomic mass is 9.86. The zero-order valence-electron chi connectivity index (χ0n) is 10.5. The summed E-state index contributed by atoms with van der Waals surface area (Å²) in [5.74, 6) is 0. The molecule has 1 aromatic carbocycles. The number of hydrogen-bond donors (Lipinski definition) is 1. The molecule has 0 amide bonds. The van der Waals surface area contributed by atoms with Crippen molar-refractivity contribution in [3.8, 4) is 0 Å². The first-order valence-electron chi connectivity index (χ1n) is 5.54. The summed E-state index contributed by atoms with van der Waals surface area (Å²) < 4.78 is 1.09. The fourth-order valence-electron chi connectivity index (χ4n) is 1.77. The Morgan fingerprint density at radius 1 is 1.18 bits per heavy atom. The molecule has 0 aliphatic carbocycles. The number of fused-ring (bicyclic) bond motifs is 1. The molecule has 17 heavy (non-hydrogen) atoms. The van der Waals surface area contributed by atoms with E-state index < -0.39 is 0 Å². The Morgan fingerprint density at radius 2 is 1.82 bits per heavy atom. The highest BCUT2D eigenvalue weighted by atomic mass is 16.2. The van der Waals surface area contributed by atoms with Crippen LogP contribution in [0.1, 0.15) is 26.3 Å². The van der Waals surface area contributed by atoms with Gasteiger partial charge in [0.2, 0.25) is 0 Å². The first kappa shape index (κ1) is 11.6. The molecule has 1 heterocycles.